The summed E-state index contributed by atoms with van der Waals surface area (Å²) < 4.78 is 26.1. The summed E-state index contributed by atoms with van der Waals surface area (Å²) in [5, 5.41) is 0. The van der Waals surface area contributed by atoms with Gasteiger partial charge in [-0.2, -0.15) is 0 Å². The summed E-state index contributed by atoms with van der Waals surface area (Å²) in [5.74, 6) is -0.225. The second-order valence-corrected chi connectivity index (χ2v) is 8.69. The first-order valence-electron chi connectivity index (χ1n) is 8.16. The molecular formula is C17H22N2O4S. The molecule has 1 aromatic carbocycles. The fourth-order valence-electron chi connectivity index (χ4n) is 3.17. The summed E-state index contributed by atoms with van der Waals surface area (Å²) in [6.45, 7) is 5.31. The Bertz CT molecular complexity index is 812. The predicted molar refractivity (Wildman–Crippen MR) is 89.2 cm³/mol. The minimum absolute atomic E-state index is 0.0699. The van der Waals surface area contributed by atoms with Crippen LogP contribution in [0.3, 0.4) is 0 Å². The summed E-state index contributed by atoms with van der Waals surface area (Å²) in [4.78, 5) is 26.6. The van der Waals surface area contributed by atoms with E-state index in [0.29, 0.717) is 11.5 Å². The van der Waals surface area contributed by atoms with Crippen molar-refractivity contribution in [1.82, 2.24) is 9.21 Å². The molecule has 1 heterocycles. The van der Waals surface area contributed by atoms with Gasteiger partial charge in [-0.15, -0.1) is 0 Å². The number of amides is 2. The van der Waals surface area contributed by atoms with E-state index in [1.54, 1.807) is 25.8 Å². The highest BCUT2D eigenvalue weighted by atomic mass is 32.2. The van der Waals surface area contributed by atoms with Crippen molar-refractivity contribution in [2.75, 3.05) is 7.05 Å². The van der Waals surface area contributed by atoms with Gasteiger partial charge in [-0.1, -0.05) is 0 Å². The van der Waals surface area contributed by atoms with Crippen LogP contribution in [-0.2, 0) is 10.0 Å². The fourth-order valence-corrected chi connectivity index (χ4v) is 4.97. The zero-order valence-corrected chi connectivity index (χ0v) is 15.1. The second kappa shape index (κ2) is 5.58. The number of sulfonamides is 1. The van der Waals surface area contributed by atoms with Crippen LogP contribution >= 0.6 is 0 Å². The molecule has 0 saturated heterocycles. The number of rotatable bonds is 4. The van der Waals surface area contributed by atoms with Gasteiger partial charge < -0.3 is 4.90 Å². The Hall–Kier alpha value is -1.89. The standard InChI is InChI=1S/C17H22N2O4S/c1-10(2)19-17(21)14-8-7-13(9-15(14)24(19,22)23)16(20)18(4)11(3)12-5-6-12/h7-12H,5-6H2,1-4H3. The van der Waals surface area contributed by atoms with Crippen molar-refractivity contribution in [2.24, 2.45) is 5.92 Å². The lowest BCUT2D eigenvalue weighted by Crippen LogP contribution is -2.36. The molecule has 1 aromatic rings. The molecule has 0 radical (unpaired) electrons. The summed E-state index contributed by atoms with van der Waals surface area (Å²) in [6, 6.07) is 3.97. The molecule has 7 heteroatoms. The number of hydrogen-bond acceptors (Lipinski definition) is 4. The predicted octanol–water partition coefficient (Wildman–Crippen LogP) is 2.11. The van der Waals surface area contributed by atoms with Crippen LogP contribution in [0.25, 0.3) is 0 Å². The lowest BCUT2D eigenvalue weighted by molar-refractivity contribution is 0.0726. The van der Waals surface area contributed by atoms with Crippen LogP contribution < -0.4 is 0 Å². The molecule has 1 atom stereocenters. The first-order chi connectivity index (χ1) is 11.2. The monoisotopic (exact) mass is 350 g/mol. The Morgan fingerprint density at radius 2 is 1.88 bits per heavy atom. The largest absolute Gasteiger partial charge is 0.339 e. The van der Waals surface area contributed by atoms with Crippen LogP contribution in [0.5, 0.6) is 0 Å². The van der Waals surface area contributed by atoms with Crippen LogP contribution in [0.15, 0.2) is 23.1 Å². The molecule has 0 bridgehead atoms. The van der Waals surface area contributed by atoms with Gasteiger partial charge in [-0.05, 0) is 57.7 Å². The Morgan fingerprint density at radius 1 is 1.25 bits per heavy atom. The molecule has 1 aliphatic carbocycles. The van der Waals surface area contributed by atoms with Crippen molar-refractivity contribution in [2.45, 2.75) is 50.6 Å². The van der Waals surface area contributed by atoms with E-state index in [-0.39, 0.29) is 22.4 Å². The summed E-state index contributed by atoms with van der Waals surface area (Å²) >= 11 is 0. The van der Waals surface area contributed by atoms with Crippen molar-refractivity contribution in [3.8, 4) is 0 Å². The van der Waals surface area contributed by atoms with E-state index in [2.05, 4.69) is 0 Å². The lowest BCUT2D eigenvalue weighted by Gasteiger charge is -2.25. The third-order valence-electron chi connectivity index (χ3n) is 4.90. The molecule has 1 unspecified atom stereocenters. The van der Waals surface area contributed by atoms with Gasteiger partial charge in [0.15, 0.2) is 0 Å². The van der Waals surface area contributed by atoms with Gasteiger partial charge >= 0.3 is 0 Å². The highest BCUT2D eigenvalue weighted by Crippen LogP contribution is 2.36. The number of benzene rings is 1. The normalized spacial score (nSPS) is 20.2. The Morgan fingerprint density at radius 3 is 2.42 bits per heavy atom. The Labute approximate surface area is 142 Å². The van der Waals surface area contributed by atoms with Crippen LogP contribution in [0.1, 0.15) is 54.3 Å². The van der Waals surface area contributed by atoms with E-state index < -0.39 is 22.0 Å². The summed E-state index contributed by atoms with van der Waals surface area (Å²) in [6.07, 6.45) is 2.24. The quantitative estimate of drug-likeness (QED) is 0.833. The van der Waals surface area contributed by atoms with E-state index in [1.807, 2.05) is 6.92 Å². The maximum atomic E-state index is 12.7. The summed E-state index contributed by atoms with van der Waals surface area (Å²) in [5.41, 5.74) is 0.434. The van der Waals surface area contributed by atoms with E-state index in [4.69, 9.17) is 0 Å². The third kappa shape index (κ3) is 2.51. The number of fused-ring (bicyclic) bond motifs is 1. The van der Waals surface area contributed by atoms with Crippen LogP contribution in [0, 0.1) is 5.92 Å². The topological polar surface area (TPSA) is 74.8 Å². The molecule has 0 spiro atoms. The smallest absolute Gasteiger partial charge is 0.269 e. The minimum atomic E-state index is -3.89. The molecular weight excluding hydrogens is 328 g/mol. The average molecular weight is 350 g/mol. The van der Waals surface area contributed by atoms with E-state index in [0.717, 1.165) is 17.1 Å². The van der Waals surface area contributed by atoms with E-state index >= 15 is 0 Å². The van der Waals surface area contributed by atoms with Gasteiger partial charge in [0.2, 0.25) is 0 Å². The van der Waals surface area contributed by atoms with E-state index in [9.17, 15) is 18.0 Å². The van der Waals surface area contributed by atoms with Crippen LogP contribution in [-0.4, -0.2) is 48.6 Å². The molecule has 0 N–H and O–H groups in total. The van der Waals surface area contributed by atoms with Crippen LogP contribution in [0.4, 0.5) is 0 Å². The van der Waals surface area contributed by atoms with Crippen LogP contribution in [0.2, 0.25) is 0 Å². The first kappa shape index (κ1) is 17.0. The molecule has 3 rings (SSSR count). The maximum Gasteiger partial charge on any atom is 0.269 e. The van der Waals surface area contributed by atoms with Gasteiger partial charge in [-0.25, -0.2) is 12.7 Å². The highest BCUT2D eigenvalue weighted by molar-refractivity contribution is 7.90. The fraction of sp³-hybridized carbons (Fsp3) is 0.529. The molecule has 6 nitrogen and oxygen atoms in total. The first-order valence-corrected chi connectivity index (χ1v) is 9.60. The zero-order valence-electron chi connectivity index (χ0n) is 14.3. The van der Waals surface area contributed by atoms with Crippen molar-refractivity contribution in [3.63, 3.8) is 0 Å². The second-order valence-electron chi connectivity index (χ2n) is 6.90. The van der Waals surface area contributed by atoms with Crippen molar-refractivity contribution >= 4 is 21.8 Å². The van der Waals surface area contributed by atoms with Crippen molar-refractivity contribution in [3.05, 3.63) is 29.3 Å². The van der Waals surface area contributed by atoms with Crippen molar-refractivity contribution < 1.29 is 18.0 Å². The number of carbonyl (C=O) groups is 2. The Kier molecular flexibility index (Phi) is 3.94. The summed E-state index contributed by atoms with van der Waals surface area (Å²) in [7, 11) is -2.15. The number of nitrogens with zero attached hydrogens (tertiary/aromatic N) is 2. The van der Waals surface area contributed by atoms with Crippen molar-refractivity contribution in [1.29, 1.82) is 0 Å². The third-order valence-corrected chi connectivity index (χ3v) is 6.90. The molecule has 2 aliphatic rings. The molecule has 24 heavy (non-hydrogen) atoms. The van der Waals surface area contributed by atoms with Gasteiger partial charge in [0.25, 0.3) is 21.8 Å². The van der Waals surface area contributed by atoms with Gasteiger partial charge in [0.1, 0.15) is 4.90 Å². The highest BCUT2D eigenvalue weighted by Gasteiger charge is 2.43. The molecule has 130 valence electrons. The molecule has 0 aromatic heterocycles. The number of carbonyl (C=O) groups excluding carboxylic acids is 2. The Balaban J connectivity index is 1.97. The molecule has 1 saturated carbocycles. The molecule has 1 aliphatic heterocycles. The van der Waals surface area contributed by atoms with E-state index in [1.165, 1.54) is 18.2 Å². The van der Waals surface area contributed by atoms with Gasteiger partial charge in [-0.3, -0.25) is 9.59 Å². The van der Waals surface area contributed by atoms with Gasteiger partial charge in [0, 0.05) is 24.7 Å². The maximum absolute atomic E-state index is 12.7. The number of hydrogen-bond donors (Lipinski definition) is 0. The minimum Gasteiger partial charge on any atom is -0.339 e. The lowest BCUT2D eigenvalue weighted by atomic mass is 10.1. The molecule has 2 amide bonds. The SMILES string of the molecule is CC(C1CC1)N(C)C(=O)c1ccc2c(c1)S(=O)(=O)N(C(C)C)C2=O. The van der Waals surface area contributed by atoms with Gasteiger partial charge in [0.05, 0.1) is 5.56 Å². The zero-order chi connectivity index (χ0) is 17.8. The average Bonchev–Trinajstić information content (AvgIpc) is 3.33. The molecule has 1 fully saturated rings.